The number of nitrogens with two attached hydrogens (primary N) is 1. The minimum Gasteiger partial charge on any atom is -0.466 e. The maximum Gasteiger partial charge on any atom is 0.307 e. The zero-order chi connectivity index (χ0) is 10.4. The molecule has 1 aromatic heterocycles. The molecule has 0 aliphatic carbocycles. The van der Waals surface area contributed by atoms with Gasteiger partial charge in [-0.3, -0.25) is 9.78 Å². The van der Waals surface area contributed by atoms with Crippen molar-refractivity contribution in [3.05, 3.63) is 30.1 Å². The average molecular weight is 231 g/mol. The van der Waals surface area contributed by atoms with Gasteiger partial charge in [0.25, 0.3) is 0 Å². The molecule has 1 heterocycles. The van der Waals surface area contributed by atoms with E-state index < -0.39 is 0 Å². The Bertz CT molecular complexity index is 293. The normalized spacial score (nSPS) is 11.3. The molecular formula is C10H15ClN2O2. The van der Waals surface area contributed by atoms with Gasteiger partial charge in [0.2, 0.25) is 0 Å². The first-order valence-electron chi connectivity index (χ1n) is 4.56. The average Bonchev–Trinajstić information content (AvgIpc) is 2.19. The predicted octanol–water partition coefficient (Wildman–Crippen LogP) is 1.46. The molecule has 0 amide bonds. The van der Waals surface area contributed by atoms with Crippen molar-refractivity contribution in [2.24, 2.45) is 5.73 Å². The number of pyridine rings is 1. The van der Waals surface area contributed by atoms with Crippen LogP contribution in [0.3, 0.4) is 0 Å². The number of carbonyl (C=O) groups is 1. The Hall–Kier alpha value is -1.13. The third-order valence-corrected chi connectivity index (χ3v) is 1.76. The molecule has 84 valence electrons. The third kappa shape index (κ3) is 4.76. The van der Waals surface area contributed by atoms with Crippen molar-refractivity contribution in [3.8, 4) is 0 Å². The van der Waals surface area contributed by atoms with E-state index in [0.29, 0.717) is 12.3 Å². The van der Waals surface area contributed by atoms with E-state index in [-0.39, 0.29) is 30.8 Å². The van der Waals surface area contributed by atoms with Crippen molar-refractivity contribution in [2.75, 3.05) is 6.61 Å². The van der Waals surface area contributed by atoms with Crippen LogP contribution in [0.4, 0.5) is 0 Å². The number of carbonyl (C=O) groups excluding carboxylic acids is 1. The van der Waals surface area contributed by atoms with Gasteiger partial charge in [0.15, 0.2) is 0 Å². The lowest BCUT2D eigenvalue weighted by Gasteiger charge is -2.09. The number of halogens is 1. The molecule has 0 spiro atoms. The van der Waals surface area contributed by atoms with E-state index in [1.54, 1.807) is 25.3 Å². The van der Waals surface area contributed by atoms with E-state index in [9.17, 15) is 4.79 Å². The molecule has 0 aromatic carbocycles. The van der Waals surface area contributed by atoms with Crippen molar-refractivity contribution in [3.63, 3.8) is 0 Å². The van der Waals surface area contributed by atoms with Crippen LogP contribution >= 0.6 is 12.4 Å². The Morgan fingerprint density at radius 3 is 2.87 bits per heavy atom. The molecule has 1 aromatic rings. The highest BCUT2D eigenvalue weighted by Crippen LogP contribution is 2.10. The Morgan fingerprint density at radius 2 is 2.33 bits per heavy atom. The topological polar surface area (TPSA) is 65.2 Å². The number of ether oxygens (including phenoxy) is 1. The Morgan fingerprint density at radius 1 is 1.60 bits per heavy atom. The van der Waals surface area contributed by atoms with Gasteiger partial charge < -0.3 is 10.5 Å². The third-order valence-electron chi connectivity index (χ3n) is 1.76. The summed E-state index contributed by atoms with van der Waals surface area (Å²) in [7, 11) is 0. The molecule has 0 fully saturated rings. The van der Waals surface area contributed by atoms with E-state index in [4.69, 9.17) is 10.5 Å². The first-order chi connectivity index (χ1) is 6.74. The molecule has 0 aliphatic rings. The minimum atomic E-state index is -0.379. The van der Waals surface area contributed by atoms with Gasteiger partial charge in [-0.2, -0.15) is 0 Å². The summed E-state index contributed by atoms with van der Waals surface area (Å²) in [6.45, 7) is 2.15. The second-order valence-corrected chi connectivity index (χ2v) is 2.87. The van der Waals surface area contributed by atoms with Crippen molar-refractivity contribution >= 4 is 18.4 Å². The van der Waals surface area contributed by atoms with Crippen LogP contribution in [0.5, 0.6) is 0 Å². The molecule has 0 unspecified atom stereocenters. The molecule has 1 atom stereocenters. The fourth-order valence-electron chi connectivity index (χ4n) is 1.10. The highest BCUT2D eigenvalue weighted by molar-refractivity contribution is 5.85. The summed E-state index contributed by atoms with van der Waals surface area (Å²) in [4.78, 5) is 15.2. The van der Waals surface area contributed by atoms with Crippen LogP contribution in [0, 0.1) is 0 Å². The van der Waals surface area contributed by atoms with Gasteiger partial charge in [0.1, 0.15) is 0 Å². The molecule has 4 nitrogen and oxygen atoms in total. The van der Waals surface area contributed by atoms with E-state index in [2.05, 4.69) is 4.98 Å². The van der Waals surface area contributed by atoms with Gasteiger partial charge in [-0.25, -0.2) is 0 Å². The summed E-state index contributed by atoms with van der Waals surface area (Å²) in [5.41, 5.74) is 6.47. The lowest BCUT2D eigenvalue weighted by atomic mass is 10.1. The SMILES string of the molecule is CCOC(=O)C[C@H](N)c1ccccn1.Cl. The molecule has 2 N–H and O–H groups in total. The quantitative estimate of drug-likeness (QED) is 0.796. The van der Waals surface area contributed by atoms with Gasteiger partial charge >= 0.3 is 5.97 Å². The molecule has 0 saturated carbocycles. The van der Waals surface area contributed by atoms with Gasteiger partial charge in [0, 0.05) is 6.20 Å². The fraction of sp³-hybridized carbons (Fsp3) is 0.400. The summed E-state index contributed by atoms with van der Waals surface area (Å²) in [6.07, 6.45) is 1.82. The zero-order valence-corrected chi connectivity index (χ0v) is 9.37. The number of nitrogens with zero attached hydrogens (tertiary/aromatic N) is 1. The van der Waals surface area contributed by atoms with E-state index in [0.717, 1.165) is 0 Å². The molecule has 0 radical (unpaired) electrons. The van der Waals surface area contributed by atoms with Crippen LogP contribution in [0.15, 0.2) is 24.4 Å². The lowest BCUT2D eigenvalue weighted by molar-refractivity contribution is -0.143. The van der Waals surface area contributed by atoms with Crippen LogP contribution in [0.1, 0.15) is 25.1 Å². The number of rotatable bonds is 4. The number of hydrogen-bond donors (Lipinski definition) is 1. The maximum atomic E-state index is 11.1. The fourth-order valence-corrected chi connectivity index (χ4v) is 1.10. The van der Waals surface area contributed by atoms with Crippen molar-refractivity contribution in [2.45, 2.75) is 19.4 Å². The smallest absolute Gasteiger partial charge is 0.307 e. The Labute approximate surface area is 95.2 Å². The molecule has 0 aliphatic heterocycles. The van der Waals surface area contributed by atoms with E-state index in [1.165, 1.54) is 0 Å². The Balaban J connectivity index is 0.00000196. The second-order valence-electron chi connectivity index (χ2n) is 2.87. The molecule has 15 heavy (non-hydrogen) atoms. The standard InChI is InChI=1S/C10H14N2O2.ClH/c1-2-14-10(13)7-8(11)9-5-3-4-6-12-9;/h3-6,8H,2,7,11H2,1H3;1H/t8-;/m0./s1. The van der Waals surface area contributed by atoms with Crippen LogP contribution < -0.4 is 5.73 Å². The summed E-state index contributed by atoms with van der Waals surface area (Å²) in [5, 5.41) is 0. The monoisotopic (exact) mass is 230 g/mol. The number of aromatic nitrogens is 1. The summed E-state index contributed by atoms with van der Waals surface area (Å²) >= 11 is 0. The largest absolute Gasteiger partial charge is 0.466 e. The summed E-state index contributed by atoms with van der Waals surface area (Å²) < 4.78 is 4.79. The Kier molecular flexibility index (Phi) is 6.66. The van der Waals surface area contributed by atoms with Crippen LogP contribution in [-0.4, -0.2) is 17.6 Å². The van der Waals surface area contributed by atoms with Crippen LogP contribution in [0.25, 0.3) is 0 Å². The highest BCUT2D eigenvalue weighted by atomic mass is 35.5. The predicted molar refractivity (Wildman–Crippen MR) is 59.7 cm³/mol. The van der Waals surface area contributed by atoms with E-state index >= 15 is 0 Å². The van der Waals surface area contributed by atoms with E-state index in [1.807, 2.05) is 6.07 Å². The first-order valence-corrected chi connectivity index (χ1v) is 4.56. The minimum absolute atomic E-state index is 0. The second kappa shape index (κ2) is 7.20. The lowest BCUT2D eigenvalue weighted by Crippen LogP contribution is -2.18. The number of hydrogen-bond acceptors (Lipinski definition) is 4. The van der Waals surface area contributed by atoms with Crippen molar-refractivity contribution < 1.29 is 9.53 Å². The van der Waals surface area contributed by atoms with Gasteiger partial charge in [-0.15, -0.1) is 12.4 Å². The molecule has 0 saturated heterocycles. The number of esters is 1. The summed E-state index contributed by atoms with van der Waals surface area (Å²) in [6, 6.07) is 5.06. The molecule has 5 heteroatoms. The van der Waals surface area contributed by atoms with Crippen LogP contribution in [-0.2, 0) is 9.53 Å². The molecular weight excluding hydrogens is 216 g/mol. The molecule has 1 rings (SSSR count). The van der Waals surface area contributed by atoms with Crippen molar-refractivity contribution in [1.82, 2.24) is 4.98 Å². The van der Waals surface area contributed by atoms with Crippen molar-refractivity contribution in [1.29, 1.82) is 0 Å². The summed E-state index contributed by atoms with van der Waals surface area (Å²) in [5.74, 6) is -0.286. The van der Waals surface area contributed by atoms with Gasteiger partial charge in [-0.1, -0.05) is 6.07 Å². The van der Waals surface area contributed by atoms with Gasteiger partial charge in [0.05, 0.1) is 24.8 Å². The maximum absolute atomic E-state index is 11.1. The molecule has 0 bridgehead atoms. The zero-order valence-electron chi connectivity index (χ0n) is 8.55. The van der Waals surface area contributed by atoms with Gasteiger partial charge in [-0.05, 0) is 19.1 Å². The van der Waals surface area contributed by atoms with Crippen LogP contribution in [0.2, 0.25) is 0 Å². The highest BCUT2D eigenvalue weighted by Gasteiger charge is 2.12. The first kappa shape index (κ1) is 13.9.